The Labute approximate surface area is 135 Å². The van der Waals surface area contributed by atoms with Crippen molar-refractivity contribution in [2.24, 2.45) is 0 Å². The van der Waals surface area contributed by atoms with Crippen LogP contribution in [0.5, 0.6) is 0 Å². The van der Waals surface area contributed by atoms with Crippen molar-refractivity contribution < 1.29 is 0 Å². The Kier molecular flexibility index (Phi) is 4.21. The third kappa shape index (κ3) is 2.96. The fourth-order valence-electron chi connectivity index (χ4n) is 2.33. The largest absolute Gasteiger partial charge is 0.353 e. The summed E-state index contributed by atoms with van der Waals surface area (Å²) in [5.74, 6) is 2.06. The predicted octanol–water partition coefficient (Wildman–Crippen LogP) is 3.33. The zero-order valence-corrected chi connectivity index (χ0v) is 14.0. The van der Waals surface area contributed by atoms with Crippen molar-refractivity contribution in [1.29, 1.82) is 0 Å². The molecular formula is C14H14Br2N4. The molecule has 3 heterocycles. The molecule has 3 rings (SSSR count). The second-order valence-corrected chi connectivity index (χ2v) is 6.39. The number of nitrogens with zero attached hydrogens (tertiary/aromatic N) is 4. The van der Waals surface area contributed by atoms with Crippen molar-refractivity contribution in [3.05, 3.63) is 45.6 Å². The van der Waals surface area contributed by atoms with E-state index in [4.69, 9.17) is 0 Å². The van der Waals surface area contributed by atoms with Crippen LogP contribution in [0.1, 0.15) is 0 Å². The highest BCUT2D eigenvalue weighted by molar-refractivity contribution is 9.11. The van der Waals surface area contributed by atoms with Gasteiger partial charge in [0.1, 0.15) is 11.6 Å². The molecule has 2 aromatic heterocycles. The molecule has 20 heavy (non-hydrogen) atoms. The molecule has 0 aromatic carbocycles. The van der Waals surface area contributed by atoms with E-state index in [0.29, 0.717) is 0 Å². The van der Waals surface area contributed by atoms with E-state index in [0.717, 1.165) is 46.8 Å². The van der Waals surface area contributed by atoms with E-state index in [1.54, 1.807) is 0 Å². The molecule has 0 N–H and O–H groups in total. The van der Waals surface area contributed by atoms with E-state index in [1.165, 1.54) is 0 Å². The summed E-state index contributed by atoms with van der Waals surface area (Å²) in [5, 5.41) is 0. The summed E-state index contributed by atoms with van der Waals surface area (Å²) in [5.41, 5.74) is 0. The molecule has 1 saturated heterocycles. The Balaban J connectivity index is 1.69. The van der Waals surface area contributed by atoms with Crippen molar-refractivity contribution in [3.63, 3.8) is 0 Å². The van der Waals surface area contributed by atoms with Gasteiger partial charge in [0.15, 0.2) is 0 Å². The van der Waals surface area contributed by atoms with E-state index < -0.39 is 0 Å². The Bertz CT molecular complexity index is 583. The van der Waals surface area contributed by atoms with Crippen LogP contribution < -0.4 is 9.80 Å². The van der Waals surface area contributed by atoms with Crippen molar-refractivity contribution in [2.45, 2.75) is 0 Å². The van der Waals surface area contributed by atoms with Crippen molar-refractivity contribution in [1.82, 2.24) is 9.97 Å². The molecule has 0 bridgehead atoms. The van der Waals surface area contributed by atoms with Crippen LogP contribution >= 0.6 is 31.9 Å². The van der Waals surface area contributed by atoms with Crippen molar-refractivity contribution in [2.75, 3.05) is 36.0 Å². The molecule has 6 heteroatoms. The van der Waals surface area contributed by atoms with Gasteiger partial charge in [-0.15, -0.1) is 0 Å². The molecule has 0 atom stereocenters. The molecule has 0 saturated carbocycles. The summed E-state index contributed by atoms with van der Waals surface area (Å²) in [6.07, 6.45) is 3.68. The van der Waals surface area contributed by atoms with Gasteiger partial charge in [0.25, 0.3) is 0 Å². The lowest BCUT2D eigenvalue weighted by Crippen LogP contribution is -2.47. The summed E-state index contributed by atoms with van der Waals surface area (Å²) < 4.78 is 2.01. The molecule has 104 valence electrons. The van der Waals surface area contributed by atoms with Crippen LogP contribution in [0.4, 0.5) is 11.6 Å². The van der Waals surface area contributed by atoms with Crippen molar-refractivity contribution in [3.8, 4) is 0 Å². The Morgan fingerprint density at radius 3 is 2.35 bits per heavy atom. The first-order valence-electron chi connectivity index (χ1n) is 6.46. The van der Waals surface area contributed by atoms with Crippen LogP contribution in [0.25, 0.3) is 0 Å². The molecule has 2 aromatic rings. The van der Waals surface area contributed by atoms with Gasteiger partial charge in [-0.05, 0) is 50.1 Å². The van der Waals surface area contributed by atoms with Gasteiger partial charge in [0.05, 0.1) is 4.47 Å². The summed E-state index contributed by atoms with van der Waals surface area (Å²) in [6, 6.07) is 8.07. The van der Waals surface area contributed by atoms with Gasteiger partial charge in [-0.25, -0.2) is 9.97 Å². The average Bonchev–Trinajstić information content (AvgIpc) is 2.48. The highest BCUT2D eigenvalue weighted by atomic mass is 79.9. The summed E-state index contributed by atoms with van der Waals surface area (Å²) in [4.78, 5) is 13.5. The van der Waals surface area contributed by atoms with Gasteiger partial charge >= 0.3 is 0 Å². The lowest BCUT2D eigenvalue weighted by molar-refractivity contribution is 0.640. The summed E-state index contributed by atoms with van der Waals surface area (Å²) >= 11 is 7.02. The molecule has 1 aliphatic rings. The van der Waals surface area contributed by atoms with Gasteiger partial charge in [-0.1, -0.05) is 6.07 Å². The monoisotopic (exact) mass is 396 g/mol. The molecular weight excluding hydrogens is 384 g/mol. The zero-order chi connectivity index (χ0) is 13.9. The first-order chi connectivity index (χ1) is 9.74. The number of anilines is 2. The Morgan fingerprint density at radius 2 is 1.70 bits per heavy atom. The van der Waals surface area contributed by atoms with Gasteiger partial charge in [0.2, 0.25) is 0 Å². The fourth-order valence-corrected chi connectivity index (χ4v) is 3.57. The fraction of sp³-hybridized carbons (Fsp3) is 0.286. The van der Waals surface area contributed by atoms with E-state index >= 15 is 0 Å². The van der Waals surface area contributed by atoms with Gasteiger partial charge < -0.3 is 9.80 Å². The molecule has 0 amide bonds. The maximum absolute atomic E-state index is 4.50. The Morgan fingerprint density at radius 1 is 0.950 bits per heavy atom. The maximum atomic E-state index is 4.50. The molecule has 0 spiro atoms. The van der Waals surface area contributed by atoms with E-state index in [1.807, 2.05) is 30.6 Å². The van der Waals surface area contributed by atoms with Crippen LogP contribution in [0, 0.1) is 0 Å². The van der Waals surface area contributed by atoms with Crippen LogP contribution in [0.2, 0.25) is 0 Å². The number of hydrogen-bond donors (Lipinski definition) is 0. The zero-order valence-electron chi connectivity index (χ0n) is 10.8. The smallest absolute Gasteiger partial charge is 0.143 e. The topological polar surface area (TPSA) is 32.3 Å². The molecule has 1 aliphatic heterocycles. The SMILES string of the molecule is Brc1cnc(N2CCN(c3ccccn3)CC2)c(Br)c1. The van der Waals surface area contributed by atoms with Crippen LogP contribution in [0.15, 0.2) is 45.6 Å². The van der Waals surface area contributed by atoms with Crippen LogP contribution in [-0.2, 0) is 0 Å². The second-order valence-electron chi connectivity index (χ2n) is 4.62. The number of piperazine rings is 1. The minimum absolute atomic E-state index is 0.948. The maximum Gasteiger partial charge on any atom is 0.143 e. The standard InChI is InChI=1S/C14H14Br2N4/c15-11-9-12(16)14(18-10-11)20-7-5-19(6-8-20)13-3-1-2-4-17-13/h1-4,9-10H,5-8H2. The quantitative estimate of drug-likeness (QED) is 0.777. The second kappa shape index (κ2) is 6.10. The van der Waals surface area contributed by atoms with Crippen LogP contribution in [-0.4, -0.2) is 36.1 Å². The third-order valence-electron chi connectivity index (χ3n) is 3.34. The van der Waals surface area contributed by atoms with E-state index in [2.05, 4.69) is 57.7 Å². The lowest BCUT2D eigenvalue weighted by atomic mass is 10.3. The molecule has 4 nitrogen and oxygen atoms in total. The predicted molar refractivity (Wildman–Crippen MR) is 88.3 cm³/mol. The number of aromatic nitrogens is 2. The minimum Gasteiger partial charge on any atom is -0.353 e. The first kappa shape index (κ1) is 13.8. The first-order valence-corrected chi connectivity index (χ1v) is 8.04. The minimum atomic E-state index is 0.948. The number of halogens is 2. The summed E-state index contributed by atoms with van der Waals surface area (Å²) in [7, 11) is 0. The normalized spacial score (nSPS) is 15.5. The van der Waals surface area contributed by atoms with Crippen molar-refractivity contribution >= 4 is 43.5 Å². The number of rotatable bonds is 2. The average molecular weight is 398 g/mol. The summed E-state index contributed by atoms with van der Waals surface area (Å²) in [6.45, 7) is 3.82. The molecule has 0 unspecified atom stereocenters. The molecule has 1 fully saturated rings. The third-order valence-corrected chi connectivity index (χ3v) is 4.36. The van der Waals surface area contributed by atoms with Gasteiger partial charge in [-0.2, -0.15) is 0 Å². The highest BCUT2D eigenvalue weighted by Crippen LogP contribution is 2.27. The van der Waals surface area contributed by atoms with Gasteiger partial charge in [0, 0.05) is 43.0 Å². The van der Waals surface area contributed by atoms with Crippen LogP contribution in [0.3, 0.4) is 0 Å². The van der Waals surface area contributed by atoms with E-state index in [-0.39, 0.29) is 0 Å². The lowest BCUT2D eigenvalue weighted by Gasteiger charge is -2.36. The molecule has 0 aliphatic carbocycles. The highest BCUT2D eigenvalue weighted by Gasteiger charge is 2.20. The van der Waals surface area contributed by atoms with E-state index in [9.17, 15) is 0 Å². The number of pyridine rings is 2. The Hall–Kier alpha value is -1.14. The number of hydrogen-bond acceptors (Lipinski definition) is 4. The van der Waals surface area contributed by atoms with Gasteiger partial charge in [-0.3, -0.25) is 0 Å². The molecule has 0 radical (unpaired) electrons.